The van der Waals surface area contributed by atoms with Crippen molar-refractivity contribution in [1.82, 2.24) is 5.32 Å². The third-order valence-corrected chi connectivity index (χ3v) is 3.75. The van der Waals surface area contributed by atoms with E-state index in [2.05, 4.69) is 43.8 Å². The lowest BCUT2D eigenvalue weighted by atomic mass is 10.1. The van der Waals surface area contributed by atoms with Crippen molar-refractivity contribution < 1.29 is 9.53 Å². The minimum atomic E-state index is -0.595. The average Bonchev–Trinajstić information content (AvgIpc) is 2.40. The molecule has 0 saturated carbocycles. The predicted octanol–water partition coefficient (Wildman–Crippen LogP) is 2.78. The van der Waals surface area contributed by atoms with Gasteiger partial charge in [-0.3, -0.25) is 4.79 Å². The van der Waals surface area contributed by atoms with Crippen LogP contribution in [0.2, 0.25) is 0 Å². The van der Waals surface area contributed by atoms with Crippen molar-refractivity contribution in [3.05, 3.63) is 39.3 Å². The van der Waals surface area contributed by atoms with Crippen LogP contribution in [0.4, 0.5) is 0 Å². The number of ether oxygens (including phenoxy) is 1. The molecule has 1 aromatic carbocycles. The third-order valence-electron chi connectivity index (χ3n) is 2.58. The van der Waals surface area contributed by atoms with Crippen molar-refractivity contribution in [3.63, 3.8) is 0 Å². The van der Waals surface area contributed by atoms with E-state index in [0.29, 0.717) is 18.8 Å². The Morgan fingerprint density at radius 3 is 2.60 bits per heavy atom. The largest absolute Gasteiger partial charge is 0.479 e. The lowest BCUT2D eigenvalue weighted by Gasteiger charge is -2.17. The van der Waals surface area contributed by atoms with Gasteiger partial charge in [-0.1, -0.05) is 6.08 Å². The first-order valence-corrected chi connectivity index (χ1v) is 7.81. The van der Waals surface area contributed by atoms with Crippen LogP contribution in [0.15, 0.2) is 33.7 Å². The second-order valence-electron chi connectivity index (χ2n) is 4.22. The number of halogens is 2. The van der Waals surface area contributed by atoms with Gasteiger partial charge in [-0.05, 0) is 69.4 Å². The summed E-state index contributed by atoms with van der Waals surface area (Å²) in [6.45, 7) is 6.25. The monoisotopic (exact) mass is 404 g/mol. The zero-order valence-electron chi connectivity index (χ0n) is 11.3. The number of amides is 1. The second-order valence-corrected chi connectivity index (χ2v) is 5.93. The van der Waals surface area contributed by atoms with E-state index in [4.69, 9.17) is 10.5 Å². The van der Waals surface area contributed by atoms with E-state index < -0.39 is 6.10 Å². The lowest BCUT2D eigenvalue weighted by molar-refractivity contribution is -0.127. The van der Waals surface area contributed by atoms with Crippen LogP contribution in [0.3, 0.4) is 0 Å². The summed E-state index contributed by atoms with van der Waals surface area (Å²) in [7, 11) is 0. The topological polar surface area (TPSA) is 64.3 Å². The summed E-state index contributed by atoms with van der Waals surface area (Å²) in [5.41, 5.74) is 6.64. The first kappa shape index (κ1) is 17.2. The molecule has 0 fully saturated rings. The van der Waals surface area contributed by atoms with Gasteiger partial charge in [-0.15, -0.1) is 6.58 Å². The first-order valence-electron chi connectivity index (χ1n) is 6.22. The molecule has 0 saturated heterocycles. The van der Waals surface area contributed by atoms with E-state index in [1.165, 1.54) is 0 Å². The fourth-order valence-electron chi connectivity index (χ4n) is 1.58. The molecular formula is C14H18Br2N2O2. The van der Waals surface area contributed by atoms with Crippen LogP contribution in [-0.2, 0) is 11.2 Å². The standard InChI is InChI=1S/C14H18Br2N2O2/c1-3-6-18-14(19)9(2)20-13-11(15)7-10(4-5-17)8-12(13)16/h3,7-9H,1,4-6,17H2,2H3,(H,18,19). The smallest absolute Gasteiger partial charge is 0.261 e. The maximum Gasteiger partial charge on any atom is 0.261 e. The highest BCUT2D eigenvalue weighted by Crippen LogP contribution is 2.35. The quantitative estimate of drug-likeness (QED) is 0.685. The Balaban J connectivity index is 2.81. The number of hydrogen-bond donors (Lipinski definition) is 2. The fraction of sp³-hybridized carbons (Fsp3) is 0.357. The molecule has 1 rings (SSSR count). The number of nitrogens with one attached hydrogen (secondary N) is 1. The van der Waals surface area contributed by atoms with Gasteiger partial charge in [-0.2, -0.15) is 0 Å². The summed E-state index contributed by atoms with van der Waals surface area (Å²) in [5.74, 6) is 0.418. The van der Waals surface area contributed by atoms with Gasteiger partial charge in [0.2, 0.25) is 0 Å². The number of carbonyl (C=O) groups is 1. The maximum absolute atomic E-state index is 11.8. The number of nitrogens with two attached hydrogens (primary N) is 1. The summed E-state index contributed by atoms with van der Waals surface area (Å²) >= 11 is 6.91. The van der Waals surface area contributed by atoms with Gasteiger partial charge in [-0.25, -0.2) is 0 Å². The SMILES string of the molecule is C=CCNC(=O)C(C)Oc1c(Br)cc(CCN)cc1Br. The van der Waals surface area contributed by atoms with Gasteiger partial charge in [0.05, 0.1) is 8.95 Å². The summed E-state index contributed by atoms with van der Waals surface area (Å²) in [6, 6.07) is 3.89. The molecule has 0 radical (unpaired) electrons. The van der Waals surface area contributed by atoms with Crippen molar-refractivity contribution in [2.45, 2.75) is 19.4 Å². The molecule has 110 valence electrons. The van der Waals surface area contributed by atoms with E-state index in [0.717, 1.165) is 20.9 Å². The molecule has 0 aliphatic heterocycles. The Bertz CT molecular complexity index is 469. The van der Waals surface area contributed by atoms with Crippen molar-refractivity contribution in [2.75, 3.05) is 13.1 Å². The number of carbonyl (C=O) groups excluding carboxylic acids is 1. The Labute approximate surface area is 136 Å². The first-order chi connectivity index (χ1) is 9.49. The molecule has 6 heteroatoms. The molecule has 3 N–H and O–H groups in total. The number of hydrogen-bond acceptors (Lipinski definition) is 3. The maximum atomic E-state index is 11.8. The molecule has 1 amide bonds. The molecule has 0 aliphatic carbocycles. The van der Waals surface area contributed by atoms with E-state index in [1.54, 1.807) is 13.0 Å². The van der Waals surface area contributed by atoms with Crippen LogP contribution < -0.4 is 15.8 Å². The highest BCUT2D eigenvalue weighted by atomic mass is 79.9. The molecule has 0 bridgehead atoms. The van der Waals surface area contributed by atoms with Gasteiger partial charge in [0, 0.05) is 6.54 Å². The van der Waals surface area contributed by atoms with Gasteiger partial charge < -0.3 is 15.8 Å². The molecule has 0 aromatic heterocycles. The Hall–Kier alpha value is -0.850. The fourth-order valence-corrected chi connectivity index (χ4v) is 3.05. The van der Waals surface area contributed by atoms with Crippen LogP contribution in [-0.4, -0.2) is 25.1 Å². The average molecular weight is 406 g/mol. The molecule has 1 atom stereocenters. The van der Waals surface area contributed by atoms with Gasteiger partial charge in [0.15, 0.2) is 6.10 Å². The molecule has 0 spiro atoms. The van der Waals surface area contributed by atoms with Crippen LogP contribution >= 0.6 is 31.9 Å². The van der Waals surface area contributed by atoms with Crippen molar-refractivity contribution >= 4 is 37.8 Å². The summed E-state index contributed by atoms with van der Waals surface area (Å²) in [6.07, 6.45) is 1.81. The van der Waals surface area contributed by atoms with Crippen molar-refractivity contribution in [3.8, 4) is 5.75 Å². The summed E-state index contributed by atoms with van der Waals surface area (Å²) < 4.78 is 7.28. The zero-order chi connectivity index (χ0) is 15.1. The van der Waals surface area contributed by atoms with Crippen LogP contribution in [0.1, 0.15) is 12.5 Å². The van der Waals surface area contributed by atoms with E-state index >= 15 is 0 Å². The van der Waals surface area contributed by atoms with Gasteiger partial charge in [0.25, 0.3) is 5.91 Å². The number of benzene rings is 1. The second kappa shape index (κ2) is 8.44. The Morgan fingerprint density at radius 2 is 2.10 bits per heavy atom. The highest BCUT2D eigenvalue weighted by Gasteiger charge is 2.17. The van der Waals surface area contributed by atoms with Crippen LogP contribution in [0, 0.1) is 0 Å². The molecule has 20 heavy (non-hydrogen) atoms. The number of rotatable bonds is 7. The van der Waals surface area contributed by atoms with Crippen molar-refractivity contribution in [2.24, 2.45) is 5.73 Å². The molecule has 0 aliphatic rings. The normalized spacial score (nSPS) is 11.8. The van der Waals surface area contributed by atoms with Crippen LogP contribution in [0.5, 0.6) is 5.75 Å². The van der Waals surface area contributed by atoms with Gasteiger partial charge >= 0.3 is 0 Å². The Morgan fingerprint density at radius 1 is 1.50 bits per heavy atom. The predicted molar refractivity (Wildman–Crippen MR) is 87.9 cm³/mol. The van der Waals surface area contributed by atoms with E-state index in [1.807, 2.05) is 12.1 Å². The van der Waals surface area contributed by atoms with E-state index in [-0.39, 0.29) is 5.91 Å². The minimum absolute atomic E-state index is 0.185. The highest BCUT2D eigenvalue weighted by molar-refractivity contribution is 9.11. The van der Waals surface area contributed by atoms with E-state index in [9.17, 15) is 4.79 Å². The summed E-state index contributed by atoms with van der Waals surface area (Å²) in [4.78, 5) is 11.8. The molecule has 0 heterocycles. The molecular weight excluding hydrogens is 388 g/mol. The van der Waals surface area contributed by atoms with Crippen molar-refractivity contribution in [1.29, 1.82) is 0 Å². The molecule has 4 nitrogen and oxygen atoms in total. The lowest BCUT2D eigenvalue weighted by Crippen LogP contribution is -2.36. The summed E-state index contributed by atoms with van der Waals surface area (Å²) in [5, 5.41) is 2.69. The van der Waals surface area contributed by atoms with Gasteiger partial charge in [0.1, 0.15) is 5.75 Å². The zero-order valence-corrected chi connectivity index (χ0v) is 14.5. The van der Waals surface area contributed by atoms with Crippen LogP contribution in [0.25, 0.3) is 0 Å². The molecule has 1 aromatic rings. The molecule has 1 unspecified atom stereocenters. The minimum Gasteiger partial charge on any atom is -0.479 e. The third kappa shape index (κ3) is 4.92. The Kier molecular flexibility index (Phi) is 7.26.